The number of halogens is 2. The summed E-state index contributed by atoms with van der Waals surface area (Å²) in [5.74, 6) is -6.75. The molecule has 4 aliphatic rings. The van der Waals surface area contributed by atoms with Gasteiger partial charge in [0.2, 0.25) is 23.6 Å². The van der Waals surface area contributed by atoms with Crippen LogP contribution < -0.4 is 14.5 Å². The number of benzene rings is 3. The third kappa shape index (κ3) is 4.30. The van der Waals surface area contributed by atoms with Gasteiger partial charge in [0.1, 0.15) is 5.82 Å². The van der Waals surface area contributed by atoms with Crippen molar-refractivity contribution in [1.29, 1.82) is 0 Å². The molecule has 0 aromatic heterocycles. The maximum Gasteiger partial charge on any atom is 0.241 e. The molecule has 1 saturated carbocycles. The number of carbonyl (C=O) groups is 5. The van der Waals surface area contributed by atoms with Crippen LogP contribution in [0.2, 0.25) is 5.02 Å². The van der Waals surface area contributed by atoms with Gasteiger partial charge in [-0.05, 0) is 81.1 Å². The molecule has 3 fully saturated rings. The Kier molecular flexibility index (Phi) is 7.13. The van der Waals surface area contributed by atoms with Gasteiger partial charge in [-0.1, -0.05) is 35.4 Å². The summed E-state index contributed by atoms with van der Waals surface area (Å²) < 4.78 is 19.5. The monoisotopic (exact) mass is 656 g/mol. The fraction of sp³-hybridized carbons (Fsp3) is 0.306. The number of rotatable bonds is 5. The molecule has 3 aromatic carbocycles. The summed E-state index contributed by atoms with van der Waals surface area (Å²) in [6.07, 6.45) is 2.18. The van der Waals surface area contributed by atoms with E-state index in [-0.39, 0.29) is 46.7 Å². The largest absolute Gasteiger partial charge is 0.504 e. The van der Waals surface area contributed by atoms with Crippen molar-refractivity contribution in [1.82, 2.24) is 0 Å². The number of para-hydroxylation sites is 1. The summed E-state index contributed by atoms with van der Waals surface area (Å²) >= 11 is 6.06. The molecule has 0 bridgehead atoms. The summed E-state index contributed by atoms with van der Waals surface area (Å²) in [7, 11) is 1.40. The van der Waals surface area contributed by atoms with Crippen molar-refractivity contribution < 1.29 is 38.2 Å². The number of phenolic OH excluding ortho intramolecular Hbond substituents is 1. The third-order valence-corrected chi connectivity index (χ3v) is 10.8. The van der Waals surface area contributed by atoms with Crippen molar-refractivity contribution in [3.05, 3.63) is 94.3 Å². The van der Waals surface area contributed by atoms with E-state index >= 15 is 0 Å². The van der Waals surface area contributed by atoms with Crippen molar-refractivity contribution in [2.45, 2.75) is 32.6 Å². The van der Waals surface area contributed by atoms with Crippen LogP contribution in [-0.4, -0.2) is 41.6 Å². The Bertz CT molecular complexity index is 1940. The van der Waals surface area contributed by atoms with Gasteiger partial charge in [0.25, 0.3) is 0 Å². The minimum atomic E-state index is -1.43. The van der Waals surface area contributed by atoms with Crippen molar-refractivity contribution in [3.8, 4) is 11.5 Å². The first-order valence-corrected chi connectivity index (χ1v) is 15.7. The molecule has 2 heterocycles. The van der Waals surface area contributed by atoms with Gasteiger partial charge in [0, 0.05) is 17.0 Å². The molecular weight excluding hydrogens is 627 g/mol. The highest BCUT2D eigenvalue weighted by Gasteiger charge is 2.68. The summed E-state index contributed by atoms with van der Waals surface area (Å²) in [6, 6.07) is 14.8. The number of imide groups is 2. The molecule has 2 saturated heterocycles. The van der Waals surface area contributed by atoms with Crippen LogP contribution in [0.25, 0.3) is 0 Å². The Labute approximate surface area is 274 Å². The molecule has 4 amide bonds. The zero-order valence-electron chi connectivity index (χ0n) is 25.7. The number of nitrogens with zero attached hydrogens (tertiary/aromatic N) is 2. The predicted octanol–water partition coefficient (Wildman–Crippen LogP) is 5.83. The Morgan fingerprint density at radius 2 is 1.66 bits per heavy atom. The van der Waals surface area contributed by atoms with E-state index in [4.69, 9.17) is 16.3 Å². The molecular formula is C36H30ClFN2O7. The van der Waals surface area contributed by atoms with E-state index in [0.717, 1.165) is 15.9 Å². The molecule has 240 valence electrons. The Morgan fingerprint density at radius 3 is 2.32 bits per heavy atom. The zero-order chi connectivity index (χ0) is 33.5. The molecule has 6 unspecified atom stereocenters. The molecule has 0 radical (unpaired) electrons. The van der Waals surface area contributed by atoms with E-state index in [2.05, 4.69) is 0 Å². The lowest BCUT2D eigenvalue weighted by Crippen LogP contribution is -2.48. The van der Waals surface area contributed by atoms with E-state index in [1.54, 1.807) is 49.4 Å². The maximum absolute atomic E-state index is 14.5. The van der Waals surface area contributed by atoms with Crippen molar-refractivity contribution >= 4 is 52.4 Å². The highest BCUT2D eigenvalue weighted by molar-refractivity contribution is 6.32. The number of aromatic hydroxyl groups is 1. The lowest BCUT2D eigenvalue weighted by atomic mass is 9.51. The first-order chi connectivity index (χ1) is 22.4. The maximum atomic E-state index is 14.5. The average Bonchev–Trinajstić information content (AvgIpc) is 3.42. The lowest BCUT2D eigenvalue weighted by Gasteiger charge is -2.49. The quantitative estimate of drug-likeness (QED) is 0.208. The third-order valence-electron chi connectivity index (χ3n) is 10.5. The molecule has 7 rings (SSSR count). The molecule has 9 nitrogen and oxygen atoms in total. The second-order valence-corrected chi connectivity index (χ2v) is 13.2. The summed E-state index contributed by atoms with van der Waals surface area (Å²) in [4.78, 5) is 70.9. The number of ketones is 1. The van der Waals surface area contributed by atoms with Crippen LogP contribution in [0.1, 0.15) is 48.5 Å². The average molecular weight is 657 g/mol. The molecule has 47 heavy (non-hydrogen) atoms. The number of amides is 4. The number of Topliss-reactive ketones (excluding diaryl/α,β-unsaturated/α-hetero) is 1. The molecule has 2 aliphatic carbocycles. The predicted molar refractivity (Wildman–Crippen MR) is 170 cm³/mol. The minimum Gasteiger partial charge on any atom is -0.504 e. The fourth-order valence-electron chi connectivity index (χ4n) is 8.27. The van der Waals surface area contributed by atoms with E-state index < -0.39 is 58.5 Å². The topological polar surface area (TPSA) is 121 Å². The molecule has 6 atom stereocenters. The van der Waals surface area contributed by atoms with Crippen LogP contribution in [-0.2, 0) is 19.2 Å². The zero-order valence-corrected chi connectivity index (χ0v) is 26.5. The Balaban J connectivity index is 1.36. The number of methoxy groups -OCH3 is 1. The molecule has 2 aliphatic heterocycles. The molecule has 0 spiro atoms. The summed E-state index contributed by atoms with van der Waals surface area (Å²) in [6.45, 7) is 3.11. The smallest absolute Gasteiger partial charge is 0.241 e. The Morgan fingerprint density at radius 1 is 0.957 bits per heavy atom. The molecule has 1 N–H and O–H groups in total. The van der Waals surface area contributed by atoms with E-state index in [1.165, 1.54) is 26.2 Å². The van der Waals surface area contributed by atoms with Crippen LogP contribution >= 0.6 is 11.6 Å². The van der Waals surface area contributed by atoms with E-state index in [1.807, 2.05) is 6.08 Å². The van der Waals surface area contributed by atoms with E-state index in [9.17, 15) is 33.5 Å². The van der Waals surface area contributed by atoms with Gasteiger partial charge in [-0.2, -0.15) is 0 Å². The molecule has 3 aromatic rings. The SMILES string of the molecule is COc1cccc(C2C3=CCC4C(=O)N(c5ccc(C(C)=O)cc5)C(=O)C4C3CC3C(=O)N(c4ccc(F)c(Cl)c4)C(=O)C32C)c1O. The summed E-state index contributed by atoms with van der Waals surface area (Å²) in [5, 5.41) is 11.2. The minimum absolute atomic E-state index is 0.0941. The van der Waals surface area contributed by atoms with Crippen LogP contribution in [0.4, 0.5) is 15.8 Å². The lowest BCUT2D eigenvalue weighted by molar-refractivity contribution is -0.131. The number of ether oxygens (including phenoxy) is 1. The number of fused-ring (bicyclic) bond motifs is 4. The van der Waals surface area contributed by atoms with Gasteiger partial charge in [-0.15, -0.1) is 0 Å². The fourth-order valence-corrected chi connectivity index (χ4v) is 8.44. The first kappa shape index (κ1) is 30.8. The van der Waals surface area contributed by atoms with Gasteiger partial charge >= 0.3 is 0 Å². The second-order valence-electron chi connectivity index (χ2n) is 12.8. The van der Waals surface area contributed by atoms with E-state index in [0.29, 0.717) is 22.4 Å². The Hall–Kier alpha value is -4.83. The van der Waals surface area contributed by atoms with Gasteiger partial charge in [-0.3, -0.25) is 28.9 Å². The number of carbonyl (C=O) groups excluding carboxylic acids is 5. The highest BCUT2D eigenvalue weighted by atomic mass is 35.5. The van der Waals surface area contributed by atoms with Crippen molar-refractivity contribution in [2.75, 3.05) is 16.9 Å². The number of hydrogen-bond acceptors (Lipinski definition) is 7. The standard InChI is InChI=1S/C36H30ClFN2O7/c1-17(41)18-7-9-19(10-8-18)39-32(43)22-13-12-21-24(29(22)34(39)45)16-25-33(44)40(20-11-14-27(38)26(37)15-20)35(46)36(25,2)30(21)23-5-4-6-28(47-3)31(23)42/h4-12,14-15,22,24-25,29-30,42H,13,16H2,1-3H3. The van der Waals surface area contributed by atoms with Crippen LogP contribution in [0.15, 0.2) is 72.3 Å². The number of anilines is 2. The second kappa shape index (κ2) is 10.9. The number of phenols is 1. The van der Waals surface area contributed by atoms with Gasteiger partial charge in [-0.25, -0.2) is 9.29 Å². The number of allylic oxidation sites excluding steroid dienone is 2. The normalized spacial score (nSPS) is 28.2. The van der Waals surface area contributed by atoms with Gasteiger partial charge in [0.15, 0.2) is 17.3 Å². The number of hydrogen-bond donors (Lipinski definition) is 1. The van der Waals surface area contributed by atoms with Crippen LogP contribution in [0, 0.1) is 34.9 Å². The van der Waals surface area contributed by atoms with Crippen LogP contribution in [0.5, 0.6) is 11.5 Å². The van der Waals surface area contributed by atoms with Crippen LogP contribution in [0.3, 0.4) is 0 Å². The first-order valence-electron chi connectivity index (χ1n) is 15.3. The van der Waals surface area contributed by atoms with Gasteiger partial charge < -0.3 is 9.84 Å². The highest BCUT2D eigenvalue weighted by Crippen LogP contribution is 2.65. The molecule has 11 heteroatoms. The van der Waals surface area contributed by atoms with Gasteiger partial charge in [0.05, 0.1) is 46.7 Å². The summed E-state index contributed by atoms with van der Waals surface area (Å²) in [5.41, 5.74) is 0.500. The van der Waals surface area contributed by atoms with Crippen molar-refractivity contribution in [2.24, 2.45) is 29.1 Å². The van der Waals surface area contributed by atoms with Crippen molar-refractivity contribution in [3.63, 3.8) is 0 Å².